The molecule has 0 heterocycles. The first-order valence-electron chi connectivity index (χ1n) is 2.41. The van der Waals surface area contributed by atoms with Gasteiger partial charge in [-0.05, 0) is 6.92 Å². The predicted molar refractivity (Wildman–Crippen MR) is 38.4 cm³/mol. The van der Waals surface area contributed by atoms with Crippen LogP contribution in [0.2, 0.25) is 0 Å². The Labute approximate surface area is 54.8 Å². The summed E-state index contributed by atoms with van der Waals surface area (Å²) in [7, 11) is 0. The molecule has 0 aliphatic carbocycles. The maximum absolute atomic E-state index is 2.08. The molecule has 4 N–H and O–H groups in total. The van der Waals surface area contributed by atoms with Crippen molar-refractivity contribution in [1.29, 1.82) is 0 Å². The Kier molecular flexibility index (Phi) is 6.46. The van der Waals surface area contributed by atoms with Crippen LogP contribution < -0.4 is 0 Å². The standard InChI is InChI=1S/C7H8.2H2O/c1-7-5-3-2-4-6-7;;/h2-6H,1H3;2*1H2. The van der Waals surface area contributed by atoms with E-state index in [9.17, 15) is 0 Å². The largest absolute Gasteiger partial charge is 0.412 e. The zero-order valence-electron chi connectivity index (χ0n) is 5.39. The second-order valence-corrected chi connectivity index (χ2v) is 1.65. The number of rotatable bonds is 0. The lowest BCUT2D eigenvalue weighted by molar-refractivity contribution is 0.823. The van der Waals surface area contributed by atoms with Gasteiger partial charge in [0.1, 0.15) is 0 Å². The third kappa shape index (κ3) is 3.70. The average molecular weight is 128 g/mol. The molecule has 0 atom stereocenters. The Morgan fingerprint density at radius 3 is 1.56 bits per heavy atom. The molecular weight excluding hydrogens is 116 g/mol. The first kappa shape index (κ1) is 11.0. The molecule has 9 heavy (non-hydrogen) atoms. The third-order valence-corrected chi connectivity index (χ3v) is 0.940. The molecule has 0 radical (unpaired) electrons. The Bertz CT molecular complexity index is 137. The quantitative estimate of drug-likeness (QED) is 0.484. The summed E-state index contributed by atoms with van der Waals surface area (Å²) in [5.74, 6) is 0. The second kappa shape index (κ2) is 5.28. The monoisotopic (exact) mass is 128 g/mol. The molecule has 1 rings (SSSR count). The lowest BCUT2D eigenvalue weighted by Gasteiger charge is -1.82. The highest BCUT2D eigenvalue weighted by Gasteiger charge is 1.72. The Balaban J connectivity index is 0. The van der Waals surface area contributed by atoms with E-state index in [1.807, 2.05) is 18.2 Å². The molecule has 0 aromatic heterocycles. The van der Waals surface area contributed by atoms with Crippen LogP contribution in [0, 0.1) is 6.92 Å². The molecule has 0 unspecified atom stereocenters. The van der Waals surface area contributed by atoms with Gasteiger partial charge in [0, 0.05) is 0 Å². The van der Waals surface area contributed by atoms with Gasteiger partial charge < -0.3 is 11.0 Å². The van der Waals surface area contributed by atoms with Gasteiger partial charge in [-0.2, -0.15) is 0 Å². The van der Waals surface area contributed by atoms with E-state index in [0.29, 0.717) is 0 Å². The minimum absolute atomic E-state index is 0. The van der Waals surface area contributed by atoms with Crippen molar-refractivity contribution in [2.24, 2.45) is 0 Å². The van der Waals surface area contributed by atoms with Crippen LogP contribution in [0.15, 0.2) is 30.3 Å². The summed E-state index contributed by atoms with van der Waals surface area (Å²) in [6.45, 7) is 2.08. The summed E-state index contributed by atoms with van der Waals surface area (Å²) in [5.41, 5.74) is 1.32. The van der Waals surface area contributed by atoms with Crippen molar-refractivity contribution >= 4 is 0 Å². The molecule has 1 aromatic carbocycles. The molecule has 52 valence electrons. The van der Waals surface area contributed by atoms with E-state index < -0.39 is 0 Å². The molecule has 0 fully saturated rings. The maximum Gasteiger partial charge on any atom is -0.0398 e. The van der Waals surface area contributed by atoms with Crippen LogP contribution in [-0.4, -0.2) is 11.0 Å². The van der Waals surface area contributed by atoms with Crippen molar-refractivity contribution in [1.82, 2.24) is 0 Å². The first-order chi connectivity index (χ1) is 3.39. The van der Waals surface area contributed by atoms with Crippen molar-refractivity contribution in [3.63, 3.8) is 0 Å². The molecule has 2 heteroatoms. The molecule has 0 aliphatic heterocycles. The number of aryl methyl sites for hydroxylation is 1. The molecule has 0 saturated carbocycles. The number of benzene rings is 1. The van der Waals surface area contributed by atoms with E-state index in [1.54, 1.807) is 0 Å². The molecular formula is C7H12O2. The summed E-state index contributed by atoms with van der Waals surface area (Å²) < 4.78 is 0. The minimum Gasteiger partial charge on any atom is -0.412 e. The second-order valence-electron chi connectivity index (χ2n) is 1.65. The van der Waals surface area contributed by atoms with Gasteiger partial charge in [0.25, 0.3) is 0 Å². The van der Waals surface area contributed by atoms with Crippen LogP contribution in [0.1, 0.15) is 5.56 Å². The van der Waals surface area contributed by atoms with Gasteiger partial charge in [-0.1, -0.05) is 35.9 Å². The number of hydrogen-bond acceptors (Lipinski definition) is 0. The van der Waals surface area contributed by atoms with E-state index in [2.05, 4.69) is 19.1 Å². The first-order valence-corrected chi connectivity index (χ1v) is 2.41. The fourth-order valence-electron chi connectivity index (χ4n) is 0.534. The van der Waals surface area contributed by atoms with E-state index in [-0.39, 0.29) is 11.0 Å². The van der Waals surface area contributed by atoms with Crippen molar-refractivity contribution < 1.29 is 11.0 Å². The van der Waals surface area contributed by atoms with Crippen LogP contribution >= 0.6 is 0 Å². The van der Waals surface area contributed by atoms with Gasteiger partial charge in [-0.25, -0.2) is 0 Å². The van der Waals surface area contributed by atoms with Crippen molar-refractivity contribution in [2.75, 3.05) is 0 Å². The fraction of sp³-hybridized carbons (Fsp3) is 0.143. The van der Waals surface area contributed by atoms with Gasteiger partial charge >= 0.3 is 0 Å². The highest BCUT2D eigenvalue weighted by Crippen LogP contribution is 1.92. The van der Waals surface area contributed by atoms with Crippen LogP contribution in [0.3, 0.4) is 0 Å². The van der Waals surface area contributed by atoms with Gasteiger partial charge in [0.2, 0.25) is 0 Å². The summed E-state index contributed by atoms with van der Waals surface area (Å²) in [6.07, 6.45) is 0. The Morgan fingerprint density at radius 1 is 0.889 bits per heavy atom. The molecule has 0 amide bonds. The van der Waals surface area contributed by atoms with Gasteiger partial charge in [-0.3, -0.25) is 0 Å². The summed E-state index contributed by atoms with van der Waals surface area (Å²) in [6, 6.07) is 10.3. The lowest BCUT2D eigenvalue weighted by Crippen LogP contribution is -1.62. The average Bonchev–Trinajstić information content (AvgIpc) is 1.69. The highest BCUT2D eigenvalue weighted by molar-refractivity contribution is 5.11. The van der Waals surface area contributed by atoms with Gasteiger partial charge in [0.05, 0.1) is 0 Å². The van der Waals surface area contributed by atoms with E-state index >= 15 is 0 Å². The zero-order valence-corrected chi connectivity index (χ0v) is 5.39. The van der Waals surface area contributed by atoms with Crippen LogP contribution in [0.25, 0.3) is 0 Å². The topological polar surface area (TPSA) is 63.0 Å². The lowest BCUT2D eigenvalue weighted by atomic mass is 10.2. The van der Waals surface area contributed by atoms with Gasteiger partial charge in [0.15, 0.2) is 0 Å². The fourth-order valence-corrected chi connectivity index (χ4v) is 0.534. The highest BCUT2D eigenvalue weighted by atomic mass is 16.0. The van der Waals surface area contributed by atoms with E-state index in [1.165, 1.54) is 5.56 Å². The van der Waals surface area contributed by atoms with Gasteiger partial charge in [-0.15, -0.1) is 0 Å². The summed E-state index contributed by atoms with van der Waals surface area (Å²) in [4.78, 5) is 0. The van der Waals surface area contributed by atoms with E-state index in [0.717, 1.165) is 0 Å². The van der Waals surface area contributed by atoms with Crippen molar-refractivity contribution in [3.8, 4) is 0 Å². The number of hydrogen-bond donors (Lipinski definition) is 0. The van der Waals surface area contributed by atoms with E-state index in [4.69, 9.17) is 0 Å². The van der Waals surface area contributed by atoms with Crippen LogP contribution in [-0.2, 0) is 0 Å². The van der Waals surface area contributed by atoms with Crippen LogP contribution in [0.4, 0.5) is 0 Å². The molecule has 0 bridgehead atoms. The van der Waals surface area contributed by atoms with Crippen molar-refractivity contribution in [2.45, 2.75) is 6.92 Å². The molecule has 1 aromatic rings. The zero-order chi connectivity index (χ0) is 5.11. The predicted octanol–water partition coefficient (Wildman–Crippen LogP) is 0.346. The summed E-state index contributed by atoms with van der Waals surface area (Å²) in [5, 5.41) is 0. The van der Waals surface area contributed by atoms with Crippen molar-refractivity contribution in [3.05, 3.63) is 35.9 Å². The van der Waals surface area contributed by atoms with Crippen LogP contribution in [0.5, 0.6) is 0 Å². The maximum atomic E-state index is 2.08. The SMILES string of the molecule is Cc1ccccc1.O.O. The third-order valence-electron chi connectivity index (χ3n) is 0.940. The minimum atomic E-state index is 0. The molecule has 2 nitrogen and oxygen atoms in total. The summed E-state index contributed by atoms with van der Waals surface area (Å²) >= 11 is 0. The smallest absolute Gasteiger partial charge is 0.0398 e. The normalized spacial score (nSPS) is 6.78. The molecule has 0 aliphatic rings. The molecule has 0 spiro atoms. The Hall–Kier alpha value is -0.860. The Morgan fingerprint density at radius 2 is 1.33 bits per heavy atom. The molecule has 0 saturated heterocycles.